The van der Waals surface area contributed by atoms with Crippen molar-refractivity contribution >= 4 is 56.2 Å². The Hall–Kier alpha value is -1.10. The highest BCUT2D eigenvalue weighted by Crippen LogP contribution is 2.20. The summed E-state index contributed by atoms with van der Waals surface area (Å²) in [6.45, 7) is 2.03. The first-order valence-corrected chi connectivity index (χ1v) is 7.22. The average molecular weight is 356 g/mol. The van der Waals surface area contributed by atoms with E-state index in [9.17, 15) is 0 Å². The molecular weight excluding hydrogens is 344 g/mol. The molecule has 2 aromatic rings. The zero-order valence-corrected chi connectivity index (χ0v) is 13.4. The molecular formula is C14H12BrClN2S. The standard InChI is InChI=1S/C14H12BrClN2S/c1-9-8-12(6-7-13(9)15)18-14(19)17-11-4-2-10(16)3-5-11/h2-8H,1H3,(H2,17,18,19). The molecule has 2 nitrogen and oxygen atoms in total. The first-order valence-electron chi connectivity index (χ1n) is 5.64. The maximum atomic E-state index is 5.83. The third-order valence-corrected chi connectivity index (χ3v) is 3.86. The smallest absolute Gasteiger partial charge is 0.175 e. The molecule has 0 aromatic heterocycles. The number of hydrogen-bond acceptors (Lipinski definition) is 1. The van der Waals surface area contributed by atoms with Crippen LogP contribution < -0.4 is 10.6 Å². The Bertz CT molecular complexity index is 599. The summed E-state index contributed by atoms with van der Waals surface area (Å²) in [5.74, 6) is 0. The molecule has 19 heavy (non-hydrogen) atoms. The second-order valence-electron chi connectivity index (χ2n) is 4.05. The van der Waals surface area contributed by atoms with Gasteiger partial charge in [-0.2, -0.15) is 0 Å². The molecule has 98 valence electrons. The molecule has 0 unspecified atom stereocenters. The summed E-state index contributed by atoms with van der Waals surface area (Å²) in [6.07, 6.45) is 0. The number of nitrogens with one attached hydrogen (secondary N) is 2. The summed E-state index contributed by atoms with van der Waals surface area (Å²) in [6, 6.07) is 13.4. The number of halogens is 2. The second-order valence-corrected chi connectivity index (χ2v) is 5.75. The van der Waals surface area contributed by atoms with Crippen LogP contribution in [0.4, 0.5) is 11.4 Å². The largest absolute Gasteiger partial charge is 0.332 e. The monoisotopic (exact) mass is 354 g/mol. The highest BCUT2D eigenvalue weighted by atomic mass is 79.9. The first-order chi connectivity index (χ1) is 9.04. The molecule has 0 saturated carbocycles. The topological polar surface area (TPSA) is 24.1 Å². The molecule has 0 amide bonds. The van der Waals surface area contributed by atoms with E-state index in [2.05, 4.69) is 26.6 Å². The van der Waals surface area contributed by atoms with E-state index in [-0.39, 0.29) is 0 Å². The lowest BCUT2D eigenvalue weighted by Gasteiger charge is -2.11. The quantitative estimate of drug-likeness (QED) is 0.722. The summed E-state index contributed by atoms with van der Waals surface area (Å²) >= 11 is 14.6. The predicted molar refractivity (Wildman–Crippen MR) is 90.2 cm³/mol. The molecule has 0 heterocycles. The van der Waals surface area contributed by atoms with Gasteiger partial charge in [-0.3, -0.25) is 0 Å². The molecule has 2 N–H and O–H groups in total. The Kier molecular flexibility index (Phi) is 4.80. The normalized spacial score (nSPS) is 10.1. The van der Waals surface area contributed by atoms with Crippen molar-refractivity contribution in [1.82, 2.24) is 0 Å². The van der Waals surface area contributed by atoms with Crippen molar-refractivity contribution in [3.63, 3.8) is 0 Å². The maximum absolute atomic E-state index is 5.83. The van der Waals surface area contributed by atoms with Gasteiger partial charge in [0.15, 0.2) is 5.11 Å². The second kappa shape index (κ2) is 6.37. The highest BCUT2D eigenvalue weighted by molar-refractivity contribution is 9.10. The zero-order valence-electron chi connectivity index (χ0n) is 10.2. The summed E-state index contributed by atoms with van der Waals surface area (Å²) in [5, 5.41) is 7.49. The van der Waals surface area contributed by atoms with Gasteiger partial charge in [-0.25, -0.2) is 0 Å². The summed E-state index contributed by atoms with van der Waals surface area (Å²) in [4.78, 5) is 0. The minimum atomic E-state index is 0.545. The highest BCUT2D eigenvalue weighted by Gasteiger charge is 2.01. The van der Waals surface area contributed by atoms with E-state index in [0.29, 0.717) is 10.1 Å². The number of anilines is 2. The van der Waals surface area contributed by atoms with E-state index < -0.39 is 0 Å². The van der Waals surface area contributed by atoms with E-state index in [1.54, 1.807) is 0 Å². The van der Waals surface area contributed by atoms with Gasteiger partial charge >= 0.3 is 0 Å². The third-order valence-electron chi connectivity index (χ3n) is 2.52. The van der Waals surface area contributed by atoms with Crippen LogP contribution in [0.15, 0.2) is 46.9 Å². The number of thiocarbonyl (C=S) groups is 1. The van der Waals surface area contributed by atoms with Crippen molar-refractivity contribution in [2.24, 2.45) is 0 Å². The van der Waals surface area contributed by atoms with Crippen molar-refractivity contribution in [3.05, 3.63) is 57.5 Å². The fraction of sp³-hybridized carbons (Fsp3) is 0.0714. The van der Waals surface area contributed by atoms with Crippen LogP contribution in [0, 0.1) is 6.92 Å². The molecule has 0 fully saturated rings. The molecule has 2 aromatic carbocycles. The van der Waals surface area contributed by atoms with Crippen LogP contribution in [-0.2, 0) is 0 Å². The van der Waals surface area contributed by atoms with E-state index in [0.717, 1.165) is 21.4 Å². The van der Waals surface area contributed by atoms with Gasteiger partial charge < -0.3 is 10.6 Å². The zero-order chi connectivity index (χ0) is 13.8. The molecule has 0 atom stereocenters. The van der Waals surface area contributed by atoms with Crippen molar-refractivity contribution < 1.29 is 0 Å². The van der Waals surface area contributed by atoms with Crippen molar-refractivity contribution in [3.8, 4) is 0 Å². The van der Waals surface area contributed by atoms with E-state index in [1.165, 1.54) is 0 Å². The van der Waals surface area contributed by atoms with Gasteiger partial charge in [-0.1, -0.05) is 27.5 Å². The molecule has 0 bridgehead atoms. The van der Waals surface area contributed by atoms with E-state index in [1.807, 2.05) is 49.4 Å². The first kappa shape index (κ1) is 14.3. The Morgan fingerprint density at radius 3 is 2.26 bits per heavy atom. The molecule has 0 aliphatic heterocycles. The molecule has 2 rings (SSSR count). The molecule has 5 heteroatoms. The lowest BCUT2D eigenvalue weighted by molar-refractivity contribution is 1.43. The Balaban J connectivity index is 2.01. The molecule has 0 radical (unpaired) electrons. The van der Waals surface area contributed by atoms with Gasteiger partial charge in [0.2, 0.25) is 0 Å². The van der Waals surface area contributed by atoms with Crippen LogP contribution >= 0.6 is 39.7 Å². The van der Waals surface area contributed by atoms with Crippen LogP contribution in [0.25, 0.3) is 0 Å². The summed E-state index contributed by atoms with van der Waals surface area (Å²) in [5.41, 5.74) is 3.00. The van der Waals surface area contributed by atoms with Crippen molar-refractivity contribution in [2.45, 2.75) is 6.92 Å². The number of rotatable bonds is 2. The van der Waals surface area contributed by atoms with Gasteiger partial charge in [0.25, 0.3) is 0 Å². The average Bonchev–Trinajstić information content (AvgIpc) is 2.37. The number of benzene rings is 2. The minimum absolute atomic E-state index is 0.545. The van der Waals surface area contributed by atoms with Gasteiger partial charge in [-0.15, -0.1) is 0 Å². The van der Waals surface area contributed by atoms with Crippen LogP contribution in [0.1, 0.15) is 5.56 Å². The van der Waals surface area contributed by atoms with Gasteiger partial charge in [-0.05, 0) is 67.2 Å². The fourth-order valence-corrected chi connectivity index (χ4v) is 2.16. The summed E-state index contributed by atoms with van der Waals surface area (Å²) in [7, 11) is 0. The lowest BCUT2D eigenvalue weighted by atomic mass is 10.2. The Morgan fingerprint density at radius 2 is 1.63 bits per heavy atom. The molecule has 0 spiro atoms. The van der Waals surface area contributed by atoms with E-state index in [4.69, 9.17) is 23.8 Å². The van der Waals surface area contributed by atoms with Gasteiger partial charge in [0, 0.05) is 20.9 Å². The SMILES string of the molecule is Cc1cc(NC(=S)Nc2ccc(Cl)cc2)ccc1Br. The predicted octanol–water partition coefficient (Wildman–Crippen LogP) is 5.22. The fourth-order valence-electron chi connectivity index (χ4n) is 1.55. The van der Waals surface area contributed by atoms with Crippen LogP contribution in [0.3, 0.4) is 0 Å². The third kappa shape index (κ3) is 4.20. The summed E-state index contributed by atoms with van der Waals surface area (Å²) < 4.78 is 1.08. The van der Waals surface area contributed by atoms with Crippen LogP contribution in [0.2, 0.25) is 5.02 Å². The van der Waals surface area contributed by atoms with Crippen molar-refractivity contribution in [1.29, 1.82) is 0 Å². The number of hydrogen-bond donors (Lipinski definition) is 2. The maximum Gasteiger partial charge on any atom is 0.175 e. The molecule has 0 saturated heterocycles. The van der Waals surface area contributed by atoms with E-state index >= 15 is 0 Å². The Morgan fingerprint density at radius 1 is 1.05 bits per heavy atom. The lowest BCUT2D eigenvalue weighted by Crippen LogP contribution is -2.19. The van der Waals surface area contributed by atoms with Crippen LogP contribution in [-0.4, -0.2) is 5.11 Å². The Labute approximate surface area is 131 Å². The molecule has 0 aliphatic rings. The van der Waals surface area contributed by atoms with Crippen LogP contribution in [0.5, 0.6) is 0 Å². The molecule has 0 aliphatic carbocycles. The van der Waals surface area contributed by atoms with Crippen molar-refractivity contribution in [2.75, 3.05) is 10.6 Å². The van der Waals surface area contributed by atoms with Gasteiger partial charge in [0.1, 0.15) is 0 Å². The minimum Gasteiger partial charge on any atom is -0.332 e. The number of aryl methyl sites for hydroxylation is 1. The van der Waals surface area contributed by atoms with Gasteiger partial charge in [0.05, 0.1) is 0 Å².